The van der Waals surface area contributed by atoms with Crippen molar-refractivity contribution in [2.24, 2.45) is 0 Å². The number of fused-ring (bicyclic) bond motifs is 3. The molecule has 0 saturated carbocycles. The minimum atomic E-state index is -1.28. The van der Waals surface area contributed by atoms with Gasteiger partial charge in [0.15, 0.2) is 0 Å². The first kappa shape index (κ1) is 24.4. The van der Waals surface area contributed by atoms with Crippen LogP contribution in [0.25, 0.3) is 11.1 Å². The molecule has 37 heavy (non-hydrogen) atoms. The fourth-order valence-corrected chi connectivity index (χ4v) is 4.64. The van der Waals surface area contributed by atoms with Crippen molar-refractivity contribution >= 4 is 11.9 Å². The van der Waals surface area contributed by atoms with Gasteiger partial charge in [-0.3, -0.25) is 10.1 Å². The largest absolute Gasteiger partial charge is 0.480 e. The number of H-pyrrole nitrogens is 1. The smallest absolute Gasteiger partial charge is 0.350 e. The predicted molar refractivity (Wildman–Crippen MR) is 137 cm³/mol. The summed E-state index contributed by atoms with van der Waals surface area (Å²) in [7, 11) is 0. The van der Waals surface area contributed by atoms with Crippen molar-refractivity contribution in [3.63, 3.8) is 0 Å². The second-order valence-electron chi connectivity index (χ2n) is 8.87. The van der Waals surface area contributed by atoms with Gasteiger partial charge in [0.25, 0.3) is 0 Å². The zero-order valence-electron chi connectivity index (χ0n) is 20.0. The van der Waals surface area contributed by atoms with E-state index in [4.69, 9.17) is 9.47 Å². The van der Waals surface area contributed by atoms with E-state index < -0.39 is 24.2 Å². The maximum Gasteiger partial charge on any atom is 0.350 e. The van der Waals surface area contributed by atoms with Gasteiger partial charge in [0.05, 0.1) is 12.9 Å². The lowest BCUT2D eigenvalue weighted by atomic mass is 9.98. The second-order valence-corrected chi connectivity index (χ2v) is 8.87. The molecule has 0 bridgehead atoms. The van der Waals surface area contributed by atoms with E-state index in [0.29, 0.717) is 5.69 Å². The average molecular weight is 498 g/mol. The minimum absolute atomic E-state index is 0.0944. The second kappa shape index (κ2) is 11.2. The lowest BCUT2D eigenvalue weighted by Gasteiger charge is -2.23. The Bertz CT molecular complexity index is 1310. The van der Waals surface area contributed by atoms with E-state index >= 15 is 0 Å². The molecule has 3 N–H and O–H groups in total. The fourth-order valence-electron chi connectivity index (χ4n) is 4.64. The summed E-state index contributed by atoms with van der Waals surface area (Å²) < 4.78 is 11.6. The van der Waals surface area contributed by atoms with Gasteiger partial charge in [-0.2, -0.15) is 0 Å². The molecule has 0 amide bonds. The van der Waals surface area contributed by atoms with Crippen LogP contribution in [0.4, 0.5) is 0 Å². The van der Waals surface area contributed by atoms with Crippen LogP contribution in [0.5, 0.6) is 0 Å². The van der Waals surface area contributed by atoms with E-state index in [1.807, 2.05) is 66.7 Å². The molecule has 1 aromatic heterocycles. The summed E-state index contributed by atoms with van der Waals surface area (Å²) in [4.78, 5) is 32.1. The Morgan fingerprint density at radius 1 is 0.946 bits per heavy atom. The monoisotopic (exact) mass is 497 g/mol. The maximum atomic E-state index is 13.3. The number of benzene rings is 3. The summed E-state index contributed by atoms with van der Waals surface area (Å²) in [5, 5.41) is 12.6. The molecule has 0 spiro atoms. The number of nitrogens with one attached hydrogen (secondary N) is 2. The molecule has 3 aromatic carbocycles. The van der Waals surface area contributed by atoms with E-state index in [1.165, 1.54) is 6.33 Å². The van der Waals surface area contributed by atoms with Crippen LogP contribution >= 0.6 is 0 Å². The molecule has 188 valence electrons. The number of carboxylic acids is 1. The summed E-state index contributed by atoms with van der Waals surface area (Å²) >= 11 is 0. The Morgan fingerprint density at radius 2 is 1.59 bits per heavy atom. The number of ether oxygens (including phenoxy) is 2. The summed E-state index contributed by atoms with van der Waals surface area (Å²) in [6, 6.07) is 24.4. The molecule has 2 atom stereocenters. The number of hydrogen-bond acceptors (Lipinski definition) is 6. The molecule has 1 unspecified atom stereocenters. The molecular weight excluding hydrogens is 470 g/mol. The van der Waals surface area contributed by atoms with Crippen molar-refractivity contribution in [1.82, 2.24) is 15.3 Å². The van der Waals surface area contributed by atoms with E-state index in [-0.39, 0.29) is 25.6 Å². The number of rotatable bonds is 11. The maximum absolute atomic E-state index is 13.3. The van der Waals surface area contributed by atoms with Crippen molar-refractivity contribution in [1.29, 1.82) is 0 Å². The van der Waals surface area contributed by atoms with Crippen LogP contribution in [-0.4, -0.2) is 45.9 Å². The van der Waals surface area contributed by atoms with Crippen LogP contribution in [0.2, 0.25) is 0 Å². The minimum Gasteiger partial charge on any atom is -0.480 e. The van der Waals surface area contributed by atoms with Gasteiger partial charge in [-0.15, -0.1) is 0 Å². The van der Waals surface area contributed by atoms with E-state index in [2.05, 4.69) is 27.4 Å². The van der Waals surface area contributed by atoms with E-state index in [1.54, 1.807) is 6.20 Å². The molecule has 0 saturated heterocycles. The van der Waals surface area contributed by atoms with Gasteiger partial charge in [-0.05, 0) is 27.8 Å². The highest BCUT2D eigenvalue weighted by Crippen LogP contribution is 2.44. The summed E-state index contributed by atoms with van der Waals surface area (Å²) in [5.41, 5.74) is 5.90. The number of nitrogens with zero attached hydrogens (tertiary/aromatic N) is 1. The molecule has 1 aliphatic rings. The Kier molecular flexibility index (Phi) is 7.39. The summed E-state index contributed by atoms with van der Waals surface area (Å²) in [6.45, 7) is 0.219. The number of carboxylic acid groups (broad SMARTS) is 1. The number of esters is 1. The van der Waals surface area contributed by atoms with E-state index in [0.717, 1.165) is 27.8 Å². The highest BCUT2D eigenvalue weighted by Gasteiger charge is 2.32. The van der Waals surface area contributed by atoms with Gasteiger partial charge in [-0.25, -0.2) is 9.78 Å². The van der Waals surface area contributed by atoms with Gasteiger partial charge in [0.1, 0.15) is 12.6 Å². The highest BCUT2D eigenvalue weighted by atomic mass is 16.6. The number of aliphatic carboxylic acids is 1. The first-order valence-corrected chi connectivity index (χ1v) is 12.1. The molecule has 0 fully saturated rings. The number of imidazole rings is 1. The zero-order valence-corrected chi connectivity index (χ0v) is 20.0. The standard InChI is InChI=1S/C29H27N3O5/c33-28(34)26(14-20-15-30-18-31-20)32-27(36-16-19-8-2-1-3-9-19)29(35)37-17-25-23-12-6-4-10-21(23)22-11-5-7-13-24(22)25/h1-13,15,18,25-27,32H,14,16-17H2,(H,30,31)(H,33,34)/t26-,27?/m0/s1. The van der Waals surface area contributed by atoms with Crippen LogP contribution in [0.15, 0.2) is 91.4 Å². The lowest BCUT2D eigenvalue weighted by molar-refractivity contribution is -0.163. The molecule has 0 radical (unpaired) electrons. The molecule has 0 aliphatic heterocycles. The number of aromatic amines is 1. The van der Waals surface area contributed by atoms with Crippen molar-refractivity contribution in [3.05, 3.63) is 114 Å². The molecule has 8 nitrogen and oxygen atoms in total. The fraction of sp³-hybridized carbons (Fsp3) is 0.207. The highest BCUT2D eigenvalue weighted by molar-refractivity contribution is 5.80. The lowest BCUT2D eigenvalue weighted by Crippen LogP contribution is -2.50. The molecule has 1 heterocycles. The quantitative estimate of drug-likeness (QED) is 0.213. The van der Waals surface area contributed by atoms with Crippen molar-refractivity contribution in [2.45, 2.75) is 31.2 Å². The summed E-state index contributed by atoms with van der Waals surface area (Å²) in [6.07, 6.45) is 1.83. The first-order chi connectivity index (χ1) is 18.1. The van der Waals surface area contributed by atoms with Crippen LogP contribution in [0, 0.1) is 0 Å². The third-order valence-corrected chi connectivity index (χ3v) is 6.46. The van der Waals surface area contributed by atoms with Gasteiger partial charge in [0, 0.05) is 24.2 Å². The molecule has 8 heteroatoms. The third kappa shape index (κ3) is 5.61. The molecular formula is C29H27N3O5. The number of carbonyl (C=O) groups is 2. The van der Waals surface area contributed by atoms with Crippen LogP contribution in [-0.2, 0) is 32.1 Å². The van der Waals surface area contributed by atoms with Crippen molar-refractivity contribution in [2.75, 3.05) is 6.61 Å². The normalized spacial score (nSPS) is 13.9. The van der Waals surface area contributed by atoms with Gasteiger partial charge in [-0.1, -0.05) is 78.9 Å². The predicted octanol–water partition coefficient (Wildman–Crippen LogP) is 3.89. The van der Waals surface area contributed by atoms with Crippen molar-refractivity contribution in [3.8, 4) is 11.1 Å². The first-order valence-electron chi connectivity index (χ1n) is 12.1. The van der Waals surface area contributed by atoms with Gasteiger partial charge >= 0.3 is 11.9 Å². The number of hydrogen-bond donors (Lipinski definition) is 3. The van der Waals surface area contributed by atoms with Crippen LogP contribution < -0.4 is 5.32 Å². The van der Waals surface area contributed by atoms with Crippen LogP contribution in [0.1, 0.15) is 28.3 Å². The number of carbonyl (C=O) groups excluding carboxylic acids is 1. The molecule has 1 aliphatic carbocycles. The molecule has 4 aromatic rings. The average Bonchev–Trinajstić information content (AvgIpc) is 3.55. The zero-order chi connectivity index (χ0) is 25.6. The van der Waals surface area contributed by atoms with Crippen LogP contribution in [0.3, 0.4) is 0 Å². The third-order valence-electron chi connectivity index (χ3n) is 6.46. The van der Waals surface area contributed by atoms with E-state index in [9.17, 15) is 14.7 Å². The summed E-state index contributed by atoms with van der Waals surface area (Å²) in [5.74, 6) is -1.91. The Morgan fingerprint density at radius 3 is 2.22 bits per heavy atom. The topological polar surface area (TPSA) is 114 Å². The number of aromatic nitrogens is 2. The Labute approximate surface area is 214 Å². The molecule has 5 rings (SSSR count). The Balaban J connectivity index is 1.32. The SMILES string of the molecule is O=C(OCC1c2ccccc2-c2ccccc21)C(N[C@@H](Cc1cnc[nH]1)C(=O)O)OCc1ccccc1. The van der Waals surface area contributed by atoms with Gasteiger partial charge in [0.2, 0.25) is 6.23 Å². The van der Waals surface area contributed by atoms with Crippen molar-refractivity contribution < 1.29 is 24.2 Å². The Hall–Kier alpha value is -4.27. The van der Waals surface area contributed by atoms with Gasteiger partial charge < -0.3 is 19.6 Å².